The Morgan fingerprint density at radius 1 is 1.64 bits per heavy atom. The first-order valence-electron chi connectivity index (χ1n) is 4.96. The number of cyclic esters (lactones) is 1. The van der Waals surface area contributed by atoms with Gasteiger partial charge < -0.3 is 9.84 Å². The fraction of sp³-hybridized carbons (Fsp3) is 0.727. The van der Waals surface area contributed by atoms with E-state index in [9.17, 15) is 9.90 Å². The van der Waals surface area contributed by atoms with Gasteiger partial charge in [0.2, 0.25) is 0 Å². The molecule has 1 N–H and O–H groups in total. The third-order valence-electron chi connectivity index (χ3n) is 4.30. The van der Waals surface area contributed by atoms with Crippen LogP contribution in [0.25, 0.3) is 0 Å². The molecular formula is C11H16O3. The van der Waals surface area contributed by atoms with Gasteiger partial charge in [-0.15, -0.1) is 0 Å². The quantitative estimate of drug-likeness (QED) is 0.505. The minimum Gasteiger partial charge on any atom is -0.464 e. The van der Waals surface area contributed by atoms with Crippen LogP contribution in [0.5, 0.6) is 0 Å². The van der Waals surface area contributed by atoms with Gasteiger partial charge in [-0.3, -0.25) is 4.79 Å². The second-order valence-electron chi connectivity index (χ2n) is 4.75. The summed E-state index contributed by atoms with van der Waals surface area (Å²) in [5.74, 6) is 0.0110. The standard InChI is InChI=1S/C11H16O3/c1-7-4-8(5-12)10(2)6-14-9(13)11(7,10)3/h4,7,12H,5-6H2,1-3H3/t7-,10+,11+/m1/s1. The zero-order chi connectivity index (χ0) is 10.6. The number of hydrogen-bond acceptors (Lipinski definition) is 3. The number of esters is 1. The highest BCUT2D eigenvalue weighted by Gasteiger charge is 2.63. The molecule has 0 aromatic heterocycles. The number of hydrogen-bond donors (Lipinski definition) is 1. The highest BCUT2D eigenvalue weighted by molar-refractivity contribution is 5.82. The number of ether oxygens (including phenoxy) is 1. The lowest BCUT2D eigenvalue weighted by atomic mass is 9.64. The van der Waals surface area contributed by atoms with Crippen LogP contribution in [-0.4, -0.2) is 24.3 Å². The van der Waals surface area contributed by atoms with Crippen molar-refractivity contribution in [2.24, 2.45) is 16.7 Å². The highest BCUT2D eigenvalue weighted by atomic mass is 16.5. The molecule has 2 rings (SSSR count). The number of carbonyl (C=O) groups excluding carboxylic acids is 1. The number of fused-ring (bicyclic) bond motifs is 1. The lowest BCUT2D eigenvalue weighted by Crippen LogP contribution is -2.40. The summed E-state index contributed by atoms with van der Waals surface area (Å²) in [6, 6.07) is 0. The summed E-state index contributed by atoms with van der Waals surface area (Å²) in [6.45, 7) is 6.37. The monoisotopic (exact) mass is 196 g/mol. The van der Waals surface area contributed by atoms with Crippen LogP contribution in [0.2, 0.25) is 0 Å². The summed E-state index contributed by atoms with van der Waals surface area (Å²) in [5.41, 5.74) is 0.155. The average Bonchev–Trinajstić information content (AvgIpc) is 2.50. The predicted molar refractivity (Wildman–Crippen MR) is 51.5 cm³/mol. The van der Waals surface area contributed by atoms with E-state index < -0.39 is 5.41 Å². The molecule has 0 radical (unpaired) electrons. The first-order valence-corrected chi connectivity index (χ1v) is 4.96. The van der Waals surface area contributed by atoms with E-state index >= 15 is 0 Å². The van der Waals surface area contributed by atoms with Gasteiger partial charge in [-0.25, -0.2) is 0 Å². The van der Waals surface area contributed by atoms with E-state index in [2.05, 4.69) is 0 Å². The van der Waals surface area contributed by atoms with E-state index in [0.29, 0.717) is 6.61 Å². The molecule has 1 aliphatic heterocycles. The molecule has 3 atom stereocenters. The number of carbonyl (C=O) groups is 1. The largest absolute Gasteiger partial charge is 0.464 e. The molecule has 78 valence electrons. The van der Waals surface area contributed by atoms with Gasteiger partial charge in [0.25, 0.3) is 0 Å². The van der Waals surface area contributed by atoms with E-state index in [1.54, 1.807) is 0 Å². The van der Waals surface area contributed by atoms with E-state index in [4.69, 9.17) is 4.74 Å². The van der Waals surface area contributed by atoms with Gasteiger partial charge in [-0.2, -0.15) is 0 Å². The maximum absolute atomic E-state index is 11.7. The van der Waals surface area contributed by atoms with Crippen molar-refractivity contribution in [2.75, 3.05) is 13.2 Å². The molecule has 0 amide bonds. The summed E-state index contributed by atoms with van der Waals surface area (Å²) in [4.78, 5) is 11.7. The summed E-state index contributed by atoms with van der Waals surface area (Å²) in [5, 5.41) is 9.26. The first-order chi connectivity index (χ1) is 6.46. The Morgan fingerprint density at radius 3 is 2.86 bits per heavy atom. The third-order valence-corrected chi connectivity index (χ3v) is 4.30. The Kier molecular flexibility index (Phi) is 1.80. The molecule has 14 heavy (non-hydrogen) atoms. The summed E-state index contributed by atoms with van der Waals surface area (Å²) >= 11 is 0. The third kappa shape index (κ3) is 0.793. The van der Waals surface area contributed by atoms with Gasteiger partial charge in [0.05, 0.1) is 12.0 Å². The van der Waals surface area contributed by atoms with Gasteiger partial charge in [-0.1, -0.05) is 19.9 Å². The lowest BCUT2D eigenvalue weighted by Gasteiger charge is -2.34. The second kappa shape index (κ2) is 2.60. The molecule has 0 saturated carbocycles. The number of rotatable bonds is 1. The fourth-order valence-electron chi connectivity index (χ4n) is 2.73. The van der Waals surface area contributed by atoms with Crippen LogP contribution in [0.3, 0.4) is 0 Å². The van der Waals surface area contributed by atoms with Crippen LogP contribution >= 0.6 is 0 Å². The molecule has 1 fully saturated rings. The number of allylic oxidation sites excluding steroid dienone is 1. The summed E-state index contributed by atoms with van der Waals surface area (Å²) in [6.07, 6.45) is 2.01. The minimum absolute atomic E-state index is 0.0209. The zero-order valence-electron chi connectivity index (χ0n) is 8.83. The first kappa shape index (κ1) is 9.71. The van der Waals surface area contributed by atoms with Gasteiger partial charge >= 0.3 is 5.97 Å². The second-order valence-corrected chi connectivity index (χ2v) is 4.75. The molecule has 1 saturated heterocycles. The molecule has 0 aromatic rings. The molecule has 3 nitrogen and oxygen atoms in total. The van der Waals surface area contributed by atoms with E-state index in [-0.39, 0.29) is 23.9 Å². The van der Waals surface area contributed by atoms with Gasteiger partial charge in [-0.05, 0) is 18.4 Å². The fourth-order valence-corrected chi connectivity index (χ4v) is 2.73. The summed E-state index contributed by atoms with van der Waals surface area (Å²) < 4.78 is 5.14. The molecule has 0 spiro atoms. The highest BCUT2D eigenvalue weighted by Crippen LogP contribution is 2.59. The number of aliphatic hydroxyl groups excluding tert-OH is 1. The van der Waals surface area contributed by atoms with Crippen molar-refractivity contribution in [3.8, 4) is 0 Å². The molecular weight excluding hydrogens is 180 g/mol. The minimum atomic E-state index is -0.481. The Bertz CT molecular complexity index is 320. The number of aliphatic hydroxyl groups is 1. The molecule has 3 heteroatoms. The van der Waals surface area contributed by atoms with Crippen LogP contribution in [0.15, 0.2) is 11.6 Å². The summed E-state index contributed by atoms with van der Waals surface area (Å²) in [7, 11) is 0. The van der Waals surface area contributed by atoms with Crippen molar-refractivity contribution in [3.63, 3.8) is 0 Å². The SMILES string of the molecule is C[C@@H]1C=C(CO)[C@]2(C)COC(=O)[C@]12C. The molecule has 0 bridgehead atoms. The molecule has 2 aliphatic rings. The average molecular weight is 196 g/mol. The Morgan fingerprint density at radius 2 is 2.29 bits per heavy atom. The van der Waals surface area contributed by atoms with E-state index in [1.165, 1.54) is 0 Å². The molecule has 1 heterocycles. The van der Waals surface area contributed by atoms with Gasteiger partial charge in [0, 0.05) is 5.41 Å². The topological polar surface area (TPSA) is 46.5 Å². The Hall–Kier alpha value is -0.830. The molecule has 0 aromatic carbocycles. The van der Waals surface area contributed by atoms with Crippen LogP contribution in [0.4, 0.5) is 0 Å². The van der Waals surface area contributed by atoms with Crippen molar-refractivity contribution >= 4 is 5.97 Å². The maximum atomic E-state index is 11.7. The Labute approximate surface area is 83.8 Å². The smallest absolute Gasteiger partial charge is 0.313 e. The maximum Gasteiger partial charge on any atom is 0.313 e. The van der Waals surface area contributed by atoms with Crippen molar-refractivity contribution in [1.82, 2.24) is 0 Å². The predicted octanol–water partition coefficient (Wildman–Crippen LogP) is 1.12. The molecule has 1 aliphatic carbocycles. The van der Waals surface area contributed by atoms with Crippen molar-refractivity contribution in [3.05, 3.63) is 11.6 Å². The normalized spacial score (nSPS) is 46.1. The lowest BCUT2D eigenvalue weighted by molar-refractivity contribution is -0.147. The van der Waals surface area contributed by atoms with Gasteiger partial charge in [0.15, 0.2) is 0 Å². The van der Waals surface area contributed by atoms with Crippen molar-refractivity contribution in [1.29, 1.82) is 0 Å². The van der Waals surface area contributed by atoms with E-state index in [0.717, 1.165) is 5.57 Å². The van der Waals surface area contributed by atoms with Crippen molar-refractivity contribution in [2.45, 2.75) is 20.8 Å². The molecule has 0 unspecified atom stereocenters. The van der Waals surface area contributed by atoms with Crippen molar-refractivity contribution < 1.29 is 14.6 Å². The Balaban J connectivity index is 2.51. The van der Waals surface area contributed by atoms with Gasteiger partial charge in [0.1, 0.15) is 6.61 Å². The van der Waals surface area contributed by atoms with E-state index in [1.807, 2.05) is 26.8 Å². The van der Waals surface area contributed by atoms with Crippen LogP contribution < -0.4 is 0 Å². The van der Waals surface area contributed by atoms with Crippen LogP contribution in [0, 0.1) is 16.7 Å². The van der Waals surface area contributed by atoms with Crippen LogP contribution in [-0.2, 0) is 9.53 Å². The zero-order valence-corrected chi connectivity index (χ0v) is 8.83. The van der Waals surface area contributed by atoms with Crippen LogP contribution in [0.1, 0.15) is 20.8 Å².